The zero-order valence-corrected chi connectivity index (χ0v) is 12.0. The first-order chi connectivity index (χ1) is 7.34. The SMILES string of the molecule is CC(C)c1cc(Cl)cc(C(C)C)c1C(C)C. The van der Waals surface area contributed by atoms with Crippen LogP contribution in [0.1, 0.15) is 76.0 Å². The summed E-state index contributed by atoms with van der Waals surface area (Å²) in [4.78, 5) is 0. The fourth-order valence-corrected chi connectivity index (χ4v) is 2.52. The van der Waals surface area contributed by atoms with Gasteiger partial charge >= 0.3 is 0 Å². The van der Waals surface area contributed by atoms with Gasteiger partial charge in [-0.2, -0.15) is 0 Å². The van der Waals surface area contributed by atoms with E-state index >= 15 is 0 Å². The van der Waals surface area contributed by atoms with E-state index in [1.54, 1.807) is 0 Å². The highest BCUT2D eigenvalue weighted by molar-refractivity contribution is 6.30. The Morgan fingerprint density at radius 3 is 1.38 bits per heavy atom. The maximum atomic E-state index is 6.21. The third-order valence-corrected chi connectivity index (χ3v) is 3.25. The molecule has 0 saturated heterocycles. The van der Waals surface area contributed by atoms with E-state index in [9.17, 15) is 0 Å². The van der Waals surface area contributed by atoms with Crippen LogP contribution in [0.5, 0.6) is 0 Å². The van der Waals surface area contributed by atoms with Crippen LogP contribution in [-0.4, -0.2) is 0 Å². The van der Waals surface area contributed by atoms with Gasteiger partial charge in [-0.15, -0.1) is 0 Å². The summed E-state index contributed by atoms with van der Waals surface area (Å²) in [6.45, 7) is 13.5. The average molecular weight is 239 g/mol. The molecule has 0 heterocycles. The van der Waals surface area contributed by atoms with E-state index in [-0.39, 0.29) is 0 Å². The van der Waals surface area contributed by atoms with Gasteiger partial charge < -0.3 is 0 Å². The number of rotatable bonds is 3. The summed E-state index contributed by atoms with van der Waals surface area (Å²) in [6.07, 6.45) is 0. The molecule has 0 amide bonds. The number of benzene rings is 1. The van der Waals surface area contributed by atoms with Crippen LogP contribution in [0.15, 0.2) is 12.1 Å². The summed E-state index contributed by atoms with van der Waals surface area (Å²) in [5, 5.41) is 0.872. The fraction of sp³-hybridized carbons (Fsp3) is 0.600. The van der Waals surface area contributed by atoms with Crippen LogP contribution in [0.4, 0.5) is 0 Å². The van der Waals surface area contributed by atoms with Gasteiger partial charge in [0, 0.05) is 5.02 Å². The molecule has 0 radical (unpaired) electrons. The number of hydrogen-bond acceptors (Lipinski definition) is 0. The minimum Gasteiger partial charge on any atom is -0.0843 e. The lowest BCUT2D eigenvalue weighted by atomic mass is 9.83. The van der Waals surface area contributed by atoms with Crippen LogP contribution in [-0.2, 0) is 0 Å². The number of halogens is 1. The Balaban J connectivity index is 3.48. The predicted molar refractivity (Wildman–Crippen MR) is 73.7 cm³/mol. The fourth-order valence-electron chi connectivity index (χ4n) is 2.28. The second-order valence-corrected chi connectivity index (χ2v) is 5.90. The van der Waals surface area contributed by atoms with Crippen LogP contribution in [0.25, 0.3) is 0 Å². The van der Waals surface area contributed by atoms with E-state index in [4.69, 9.17) is 11.6 Å². The van der Waals surface area contributed by atoms with Crippen molar-refractivity contribution in [3.8, 4) is 0 Å². The molecular weight excluding hydrogens is 216 g/mol. The Morgan fingerprint density at radius 2 is 1.12 bits per heavy atom. The molecule has 1 heteroatoms. The first kappa shape index (κ1) is 13.6. The molecule has 0 fully saturated rings. The van der Waals surface area contributed by atoms with Crippen molar-refractivity contribution >= 4 is 11.6 Å². The molecule has 0 N–H and O–H groups in total. The van der Waals surface area contributed by atoms with Crippen molar-refractivity contribution in [1.82, 2.24) is 0 Å². The lowest BCUT2D eigenvalue weighted by molar-refractivity contribution is 0.748. The van der Waals surface area contributed by atoms with Crippen molar-refractivity contribution in [2.75, 3.05) is 0 Å². The van der Waals surface area contributed by atoms with Gasteiger partial charge in [0.25, 0.3) is 0 Å². The highest BCUT2D eigenvalue weighted by Gasteiger charge is 2.17. The lowest BCUT2D eigenvalue weighted by Crippen LogP contribution is -2.05. The van der Waals surface area contributed by atoms with Crippen LogP contribution < -0.4 is 0 Å². The first-order valence-corrected chi connectivity index (χ1v) is 6.55. The van der Waals surface area contributed by atoms with Gasteiger partial charge in [-0.3, -0.25) is 0 Å². The number of hydrogen-bond donors (Lipinski definition) is 0. The summed E-state index contributed by atoms with van der Waals surface area (Å²) in [7, 11) is 0. The Kier molecular flexibility index (Phi) is 4.43. The summed E-state index contributed by atoms with van der Waals surface area (Å²) in [5.74, 6) is 1.63. The lowest BCUT2D eigenvalue weighted by Gasteiger charge is -2.23. The Labute approximate surface area is 105 Å². The van der Waals surface area contributed by atoms with Crippen LogP contribution in [0.3, 0.4) is 0 Å². The third kappa shape index (κ3) is 2.79. The average Bonchev–Trinajstić information content (AvgIpc) is 2.15. The molecule has 0 saturated carbocycles. The van der Waals surface area contributed by atoms with E-state index in [0.717, 1.165) is 5.02 Å². The topological polar surface area (TPSA) is 0 Å². The quantitative estimate of drug-likeness (QED) is 0.633. The molecular formula is C15H23Cl. The van der Waals surface area contributed by atoms with Crippen molar-refractivity contribution in [3.63, 3.8) is 0 Å². The van der Waals surface area contributed by atoms with E-state index < -0.39 is 0 Å². The van der Waals surface area contributed by atoms with Gasteiger partial charge in [0.1, 0.15) is 0 Å². The summed E-state index contributed by atoms with van der Waals surface area (Å²) in [5.41, 5.74) is 4.31. The highest BCUT2D eigenvalue weighted by Crippen LogP contribution is 2.35. The molecule has 0 aliphatic heterocycles. The zero-order valence-electron chi connectivity index (χ0n) is 11.3. The van der Waals surface area contributed by atoms with Crippen LogP contribution >= 0.6 is 11.6 Å². The first-order valence-electron chi connectivity index (χ1n) is 6.17. The van der Waals surface area contributed by atoms with E-state index in [2.05, 4.69) is 53.7 Å². The van der Waals surface area contributed by atoms with Crippen molar-refractivity contribution in [2.45, 2.75) is 59.3 Å². The summed E-state index contributed by atoms with van der Waals surface area (Å²) in [6, 6.07) is 4.26. The smallest absolute Gasteiger partial charge is 0.0411 e. The van der Waals surface area contributed by atoms with Gasteiger partial charge in [-0.25, -0.2) is 0 Å². The maximum Gasteiger partial charge on any atom is 0.0411 e. The molecule has 1 aromatic carbocycles. The largest absolute Gasteiger partial charge is 0.0843 e. The Hall–Kier alpha value is -0.490. The van der Waals surface area contributed by atoms with Gasteiger partial charge in [0.05, 0.1) is 0 Å². The molecule has 90 valence electrons. The van der Waals surface area contributed by atoms with E-state index in [1.165, 1.54) is 16.7 Å². The van der Waals surface area contributed by atoms with Crippen LogP contribution in [0, 0.1) is 0 Å². The van der Waals surface area contributed by atoms with E-state index in [1.807, 2.05) is 0 Å². The molecule has 0 nitrogen and oxygen atoms in total. The molecule has 0 unspecified atom stereocenters. The van der Waals surface area contributed by atoms with Crippen molar-refractivity contribution in [2.24, 2.45) is 0 Å². The molecule has 0 aliphatic carbocycles. The second-order valence-electron chi connectivity index (χ2n) is 5.46. The summed E-state index contributed by atoms with van der Waals surface area (Å²) >= 11 is 6.21. The van der Waals surface area contributed by atoms with Gasteiger partial charge in [-0.05, 0) is 46.6 Å². The minimum atomic E-state index is 0.536. The van der Waals surface area contributed by atoms with Crippen molar-refractivity contribution < 1.29 is 0 Å². The molecule has 1 rings (SSSR count). The molecule has 0 atom stereocenters. The highest BCUT2D eigenvalue weighted by atomic mass is 35.5. The van der Waals surface area contributed by atoms with Gasteiger partial charge in [-0.1, -0.05) is 53.1 Å². The second kappa shape index (κ2) is 5.23. The molecule has 0 spiro atoms. The molecule has 1 aromatic rings. The molecule has 0 aromatic heterocycles. The molecule has 16 heavy (non-hydrogen) atoms. The normalized spacial score (nSPS) is 11.9. The van der Waals surface area contributed by atoms with Gasteiger partial charge in [0.2, 0.25) is 0 Å². The monoisotopic (exact) mass is 238 g/mol. The molecule has 0 aliphatic rings. The van der Waals surface area contributed by atoms with Crippen molar-refractivity contribution in [3.05, 3.63) is 33.8 Å². The van der Waals surface area contributed by atoms with Crippen LogP contribution in [0.2, 0.25) is 5.02 Å². The van der Waals surface area contributed by atoms with Gasteiger partial charge in [0.15, 0.2) is 0 Å². The minimum absolute atomic E-state index is 0.536. The van der Waals surface area contributed by atoms with E-state index in [0.29, 0.717) is 17.8 Å². The summed E-state index contributed by atoms with van der Waals surface area (Å²) < 4.78 is 0. The molecule has 0 bridgehead atoms. The third-order valence-electron chi connectivity index (χ3n) is 3.03. The zero-order chi connectivity index (χ0) is 12.5. The predicted octanol–water partition coefficient (Wildman–Crippen LogP) is 5.71. The Bertz CT molecular complexity index is 333. The van der Waals surface area contributed by atoms with Crippen molar-refractivity contribution in [1.29, 1.82) is 0 Å². The standard InChI is InChI=1S/C15H23Cl/c1-9(2)13-7-12(16)8-14(10(3)4)15(13)11(5)6/h7-11H,1-6H3. The maximum absolute atomic E-state index is 6.21. The Morgan fingerprint density at radius 1 is 0.750 bits per heavy atom.